The lowest BCUT2D eigenvalue weighted by Gasteiger charge is -2.16. The fourth-order valence-electron chi connectivity index (χ4n) is 2.78. The van der Waals surface area contributed by atoms with Crippen LogP contribution in [0.4, 0.5) is 11.4 Å². The lowest BCUT2D eigenvalue weighted by molar-refractivity contribution is -0.384. The van der Waals surface area contributed by atoms with E-state index in [2.05, 4.69) is 5.32 Å². The van der Waals surface area contributed by atoms with E-state index in [0.717, 1.165) is 19.3 Å². The lowest BCUT2D eigenvalue weighted by Crippen LogP contribution is -2.29. The number of anilines is 1. The molecule has 1 unspecified atom stereocenters. The number of nitrogens with two attached hydrogens (primary N) is 1. The van der Waals surface area contributed by atoms with Crippen molar-refractivity contribution < 1.29 is 9.72 Å². The molecule has 22 heavy (non-hydrogen) atoms. The fraction of sp³-hybridized carbons (Fsp3) is 0.533. The van der Waals surface area contributed by atoms with E-state index in [1.807, 2.05) is 0 Å². The Morgan fingerprint density at radius 2 is 2.18 bits per heavy atom. The van der Waals surface area contributed by atoms with Crippen LogP contribution in [-0.4, -0.2) is 41.4 Å². The van der Waals surface area contributed by atoms with Crippen molar-refractivity contribution in [2.75, 3.05) is 25.0 Å². The molecule has 7 heteroatoms. The van der Waals surface area contributed by atoms with Crippen LogP contribution in [0.5, 0.6) is 0 Å². The number of nitro groups is 1. The van der Waals surface area contributed by atoms with Crippen LogP contribution >= 0.6 is 0 Å². The molecule has 0 aromatic heterocycles. The van der Waals surface area contributed by atoms with Gasteiger partial charge in [-0.3, -0.25) is 14.9 Å². The highest BCUT2D eigenvalue weighted by atomic mass is 16.6. The Hall–Kier alpha value is -2.15. The van der Waals surface area contributed by atoms with Crippen LogP contribution < -0.4 is 11.1 Å². The van der Waals surface area contributed by atoms with Gasteiger partial charge in [0.05, 0.1) is 4.92 Å². The van der Waals surface area contributed by atoms with E-state index in [9.17, 15) is 14.9 Å². The van der Waals surface area contributed by atoms with Gasteiger partial charge in [-0.2, -0.15) is 0 Å². The quantitative estimate of drug-likeness (QED) is 0.635. The van der Waals surface area contributed by atoms with Crippen LogP contribution in [0.25, 0.3) is 0 Å². The SMILES string of the molecule is NCC1CCN(C(=O)c2ccc(NC3CC3)c([N+](=O)[O-])c2)C1. The Morgan fingerprint density at radius 1 is 1.41 bits per heavy atom. The second-order valence-electron chi connectivity index (χ2n) is 6.05. The smallest absolute Gasteiger partial charge is 0.293 e. The molecule has 0 bridgehead atoms. The van der Waals surface area contributed by atoms with Gasteiger partial charge in [0.2, 0.25) is 0 Å². The molecule has 1 saturated heterocycles. The molecule has 1 atom stereocenters. The molecular formula is C15H20N4O3. The zero-order valence-electron chi connectivity index (χ0n) is 12.3. The van der Waals surface area contributed by atoms with E-state index in [1.54, 1.807) is 17.0 Å². The van der Waals surface area contributed by atoms with Crippen LogP contribution in [0.2, 0.25) is 0 Å². The topological polar surface area (TPSA) is 102 Å². The van der Waals surface area contributed by atoms with Gasteiger partial charge in [-0.05, 0) is 43.9 Å². The molecule has 0 radical (unpaired) electrons. The number of carbonyl (C=O) groups excluding carboxylic acids is 1. The predicted octanol–water partition coefficient (Wildman–Crippen LogP) is 1.59. The van der Waals surface area contributed by atoms with E-state index in [4.69, 9.17) is 5.73 Å². The molecule has 1 aromatic rings. The number of nitrogens with zero attached hydrogens (tertiary/aromatic N) is 2. The van der Waals surface area contributed by atoms with Crippen molar-refractivity contribution in [2.24, 2.45) is 11.7 Å². The average Bonchev–Trinajstić information content (AvgIpc) is 3.20. The first-order valence-electron chi connectivity index (χ1n) is 7.63. The van der Waals surface area contributed by atoms with Crippen molar-refractivity contribution in [1.29, 1.82) is 0 Å². The van der Waals surface area contributed by atoms with Gasteiger partial charge in [-0.1, -0.05) is 0 Å². The van der Waals surface area contributed by atoms with E-state index in [-0.39, 0.29) is 11.6 Å². The first-order valence-corrected chi connectivity index (χ1v) is 7.63. The highest BCUT2D eigenvalue weighted by molar-refractivity contribution is 5.96. The Morgan fingerprint density at radius 3 is 2.77 bits per heavy atom. The third kappa shape index (κ3) is 3.04. The zero-order chi connectivity index (χ0) is 15.7. The Labute approximate surface area is 128 Å². The Bertz CT molecular complexity index is 600. The number of benzene rings is 1. The summed E-state index contributed by atoms with van der Waals surface area (Å²) < 4.78 is 0. The molecule has 1 aromatic carbocycles. The van der Waals surface area contributed by atoms with Crippen LogP contribution in [0.15, 0.2) is 18.2 Å². The predicted molar refractivity (Wildman–Crippen MR) is 82.8 cm³/mol. The van der Waals surface area contributed by atoms with Gasteiger partial charge in [-0.25, -0.2) is 0 Å². The largest absolute Gasteiger partial charge is 0.377 e. The average molecular weight is 304 g/mol. The zero-order valence-corrected chi connectivity index (χ0v) is 12.3. The number of nitro benzene ring substituents is 1. The molecule has 1 saturated carbocycles. The van der Waals surface area contributed by atoms with Gasteiger partial charge in [0.15, 0.2) is 0 Å². The number of nitrogens with one attached hydrogen (secondary N) is 1. The van der Waals surface area contributed by atoms with Crippen molar-refractivity contribution in [2.45, 2.75) is 25.3 Å². The summed E-state index contributed by atoms with van der Waals surface area (Å²) >= 11 is 0. The molecule has 1 amide bonds. The van der Waals surface area contributed by atoms with Gasteiger partial charge in [0.25, 0.3) is 11.6 Å². The van der Waals surface area contributed by atoms with Gasteiger partial charge in [0, 0.05) is 30.8 Å². The van der Waals surface area contributed by atoms with Crippen molar-refractivity contribution in [1.82, 2.24) is 4.90 Å². The third-order valence-corrected chi connectivity index (χ3v) is 4.28. The van der Waals surface area contributed by atoms with Gasteiger partial charge >= 0.3 is 0 Å². The maximum Gasteiger partial charge on any atom is 0.293 e. The van der Waals surface area contributed by atoms with E-state index < -0.39 is 4.92 Å². The number of rotatable bonds is 5. The van der Waals surface area contributed by atoms with Gasteiger partial charge in [0.1, 0.15) is 5.69 Å². The van der Waals surface area contributed by atoms with Crippen LogP contribution in [0.3, 0.4) is 0 Å². The van der Waals surface area contributed by atoms with Crippen LogP contribution in [-0.2, 0) is 0 Å². The van der Waals surface area contributed by atoms with Crippen LogP contribution in [0, 0.1) is 16.0 Å². The Kier molecular flexibility index (Phi) is 3.98. The van der Waals surface area contributed by atoms with E-state index in [1.165, 1.54) is 6.07 Å². The number of carbonyl (C=O) groups is 1. The summed E-state index contributed by atoms with van der Waals surface area (Å²) in [7, 11) is 0. The summed E-state index contributed by atoms with van der Waals surface area (Å²) in [4.78, 5) is 25.0. The molecule has 118 valence electrons. The molecule has 3 rings (SSSR count). The number of hydrogen-bond acceptors (Lipinski definition) is 5. The molecule has 1 heterocycles. The number of amides is 1. The summed E-state index contributed by atoms with van der Waals surface area (Å²) in [6.45, 7) is 1.86. The van der Waals surface area contributed by atoms with Crippen LogP contribution in [0.1, 0.15) is 29.6 Å². The molecule has 2 aliphatic rings. The normalized spacial score (nSPS) is 21.0. The molecule has 0 spiro atoms. The minimum absolute atomic E-state index is 0.0349. The number of hydrogen-bond donors (Lipinski definition) is 2. The lowest BCUT2D eigenvalue weighted by atomic mass is 10.1. The van der Waals surface area contributed by atoms with E-state index in [0.29, 0.717) is 42.8 Å². The highest BCUT2D eigenvalue weighted by Gasteiger charge is 2.29. The molecule has 3 N–H and O–H groups in total. The van der Waals surface area contributed by atoms with Gasteiger partial charge < -0.3 is 16.0 Å². The van der Waals surface area contributed by atoms with Crippen molar-refractivity contribution in [3.63, 3.8) is 0 Å². The summed E-state index contributed by atoms with van der Waals surface area (Å²) in [5.74, 6) is 0.173. The van der Waals surface area contributed by atoms with E-state index >= 15 is 0 Å². The van der Waals surface area contributed by atoms with Crippen molar-refractivity contribution in [3.05, 3.63) is 33.9 Å². The first kappa shape index (κ1) is 14.8. The summed E-state index contributed by atoms with van der Waals surface area (Å²) in [6, 6.07) is 5.00. The van der Waals surface area contributed by atoms with Crippen molar-refractivity contribution >= 4 is 17.3 Å². The van der Waals surface area contributed by atoms with Gasteiger partial charge in [-0.15, -0.1) is 0 Å². The highest BCUT2D eigenvalue weighted by Crippen LogP contribution is 2.32. The summed E-state index contributed by atoms with van der Waals surface area (Å²) in [6.07, 6.45) is 2.96. The minimum Gasteiger partial charge on any atom is -0.377 e. The standard InChI is InChI=1S/C15H20N4O3/c16-8-10-5-6-18(9-10)15(20)11-1-4-13(17-12-2-3-12)14(7-11)19(21)22/h1,4,7,10,12,17H,2-3,5-6,8-9,16H2. The molecular weight excluding hydrogens is 284 g/mol. The number of likely N-dealkylation sites (tertiary alicyclic amines) is 1. The summed E-state index contributed by atoms with van der Waals surface area (Å²) in [5.41, 5.74) is 6.46. The first-order chi connectivity index (χ1) is 10.6. The summed E-state index contributed by atoms with van der Waals surface area (Å²) in [5, 5.41) is 14.4. The van der Waals surface area contributed by atoms with Crippen molar-refractivity contribution in [3.8, 4) is 0 Å². The maximum atomic E-state index is 12.5. The molecule has 7 nitrogen and oxygen atoms in total. The molecule has 1 aliphatic carbocycles. The fourth-order valence-corrected chi connectivity index (χ4v) is 2.78. The second-order valence-corrected chi connectivity index (χ2v) is 6.05. The Balaban J connectivity index is 1.80. The molecule has 1 aliphatic heterocycles. The monoisotopic (exact) mass is 304 g/mol. The minimum atomic E-state index is -0.436. The second kappa shape index (κ2) is 5.92. The molecule has 2 fully saturated rings. The maximum absolute atomic E-state index is 12.5. The third-order valence-electron chi connectivity index (χ3n) is 4.28.